The minimum atomic E-state index is -4.32. The largest absolute Gasteiger partial charge is 0.466 e. The van der Waals surface area contributed by atoms with Crippen molar-refractivity contribution in [2.24, 2.45) is 0 Å². The quantitative estimate of drug-likeness (QED) is 0.637. The van der Waals surface area contributed by atoms with Crippen LogP contribution >= 0.6 is 0 Å². The molecular formula is C21H18F3NO2. The summed E-state index contributed by atoms with van der Waals surface area (Å²) in [6.45, 7) is 3.46. The second kappa shape index (κ2) is 7.39. The highest BCUT2D eigenvalue weighted by Crippen LogP contribution is 2.29. The van der Waals surface area contributed by atoms with Gasteiger partial charge < -0.3 is 4.42 Å². The zero-order valence-electron chi connectivity index (χ0n) is 14.9. The van der Waals surface area contributed by atoms with Crippen molar-refractivity contribution < 1.29 is 17.6 Å². The van der Waals surface area contributed by atoms with E-state index in [1.807, 2.05) is 12.1 Å². The molecule has 0 aliphatic heterocycles. The number of alkyl halides is 3. The third-order valence-electron chi connectivity index (χ3n) is 4.31. The Morgan fingerprint density at radius 1 is 1.00 bits per heavy atom. The maximum atomic E-state index is 12.6. The molecule has 6 heteroatoms. The molecule has 0 radical (unpaired) electrons. The number of halogens is 3. The monoisotopic (exact) mass is 373 g/mol. The molecular weight excluding hydrogens is 355 g/mol. The lowest BCUT2D eigenvalue weighted by Gasteiger charge is -2.08. The summed E-state index contributed by atoms with van der Waals surface area (Å²) in [7, 11) is 0. The molecule has 0 aliphatic rings. The zero-order chi connectivity index (χ0) is 19.6. The van der Waals surface area contributed by atoms with E-state index in [9.17, 15) is 18.0 Å². The maximum Gasteiger partial charge on any atom is 0.416 e. The van der Waals surface area contributed by atoms with Crippen LogP contribution in [-0.2, 0) is 19.0 Å². The molecule has 0 atom stereocenters. The fourth-order valence-electron chi connectivity index (χ4n) is 2.95. The van der Waals surface area contributed by atoms with Crippen LogP contribution in [0.1, 0.15) is 28.3 Å². The fourth-order valence-corrected chi connectivity index (χ4v) is 2.95. The van der Waals surface area contributed by atoms with Gasteiger partial charge in [-0.2, -0.15) is 13.2 Å². The van der Waals surface area contributed by atoms with Crippen LogP contribution in [0.25, 0.3) is 11.1 Å². The second-order valence-electron chi connectivity index (χ2n) is 6.39. The van der Waals surface area contributed by atoms with Gasteiger partial charge in [0.05, 0.1) is 11.1 Å². The molecule has 2 heterocycles. The van der Waals surface area contributed by atoms with Crippen molar-refractivity contribution in [2.75, 3.05) is 0 Å². The highest BCUT2D eigenvalue weighted by Gasteiger charge is 2.29. The molecule has 140 valence electrons. The zero-order valence-corrected chi connectivity index (χ0v) is 14.9. The smallest absolute Gasteiger partial charge is 0.416 e. The summed E-state index contributed by atoms with van der Waals surface area (Å²) in [5.41, 5.74) is 2.01. The standard InChI is InChI=1S/C21H18F3NO2/c1-13-11-19(26)20(14(2)27-13)16-6-10-18(25-12-16)9-5-15-3-7-17(8-4-15)21(22,23)24/h3-4,6-8,10-12H,5,9H2,1-2H3. The topological polar surface area (TPSA) is 43.1 Å². The number of pyridine rings is 1. The molecule has 3 rings (SSSR count). The summed E-state index contributed by atoms with van der Waals surface area (Å²) in [6.07, 6.45) is -1.53. The molecule has 0 aliphatic carbocycles. The predicted octanol–water partition coefficient (Wildman–Crippen LogP) is 5.12. The van der Waals surface area contributed by atoms with Crippen LogP contribution in [0.15, 0.2) is 57.9 Å². The predicted molar refractivity (Wildman–Crippen MR) is 96.5 cm³/mol. The highest BCUT2D eigenvalue weighted by atomic mass is 19.4. The first-order valence-electron chi connectivity index (χ1n) is 8.47. The molecule has 0 amide bonds. The first-order valence-corrected chi connectivity index (χ1v) is 8.47. The van der Waals surface area contributed by atoms with Crippen molar-refractivity contribution >= 4 is 0 Å². The first-order chi connectivity index (χ1) is 12.7. The maximum absolute atomic E-state index is 12.6. The van der Waals surface area contributed by atoms with Crippen LogP contribution in [-0.4, -0.2) is 4.98 Å². The van der Waals surface area contributed by atoms with Crippen LogP contribution in [0.4, 0.5) is 13.2 Å². The Morgan fingerprint density at radius 2 is 1.70 bits per heavy atom. The molecule has 0 spiro atoms. The van der Waals surface area contributed by atoms with Crippen LogP contribution in [0.5, 0.6) is 0 Å². The Morgan fingerprint density at radius 3 is 2.26 bits per heavy atom. The van der Waals surface area contributed by atoms with Crippen molar-refractivity contribution in [1.29, 1.82) is 0 Å². The molecule has 3 nitrogen and oxygen atoms in total. The van der Waals surface area contributed by atoms with Crippen molar-refractivity contribution in [3.63, 3.8) is 0 Å². The Kier molecular flexibility index (Phi) is 5.17. The molecule has 0 fully saturated rings. The molecule has 27 heavy (non-hydrogen) atoms. The number of hydrogen-bond donors (Lipinski definition) is 0. The van der Waals surface area contributed by atoms with E-state index >= 15 is 0 Å². The van der Waals surface area contributed by atoms with Gasteiger partial charge in [-0.25, -0.2) is 0 Å². The number of benzene rings is 1. The molecule has 0 saturated carbocycles. The van der Waals surface area contributed by atoms with Crippen molar-refractivity contribution in [1.82, 2.24) is 4.98 Å². The average molecular weight is 373 g/mol. The Bertz CT molecular complexity index is 988. The summed E-state index contributed by atoms with van der Waals surface area (Å²) in [5, 5.41) is 0. The van der Waals surface area contributed by atoms with E-state index in [1.165, 1.54) is 18.2 Å². The number of aryl methyl sites for hydroxylation is 4. The van der Waals surface area contributed by atoms with Gasteiger partial charge in [0, 0.05) is 23.5 Å². The molecule has 0 bridgehead atoms. The van der Waals surface area contributed by atoms with E-state index in [1.54, 1.807) is 20.0 Å². The Hall–Kier alpha value is -2.89. The van der Waals surface area contributed by atoms with E-state index in [0.717, 1.165) is 23.4 Å². The van der Waals surface area contributed by atoms with Gasteiger partial charge in [-0.1, -0.05) is 18.2 Å². The molecule has 3 aromatic rings. The van der Waals surface area contributed by atoms with Gasteiger partial charge in [0.2, 0.25) is 0 Å². The highest BCUT2D eigenvalue weighted by molar-refractivity contribution is 5.64. The molecule has 0 N–H and O–H groups in total. The van der Waals surface area contributed by atoms with E-state index in [0.29, 0.717) is 35.5 Å². The van der Waals surface area contributed by atoms with Crippen LogP contribution in [0.2, 0.25) is 0 Å². The molecule has 2 aromatic heterocycles. The molecule has 1 aromatic carbocycles. The van der Waals surface area contributed by atoms with Gasteiger partial charge in [0.25, 0.3) is 0 Å². The fraction of sp³-hybridized carbons (Fsp3) is 0.238. The number of rotatable bonds is 4. The lowest BCUT2D eigenvalue weighted by Crippen LogP contribution is -2.06. The van der Waals surface area contributed by atoms with Gasteiger partial charge in [-0.15, -0.1) is 0 Å². The summed E-state index contributed by atoms with van der Waals surface area (Å²) in [6, 6.07) is 10.2. The van der Waals surface area contributed by atoms with Gasteiger partial charge in [-0.3, -0.25) is 9.78 Å². The van der Waals surface area contributed by atoms with E-state index < -0.39 is 11.7 Å². The average Bonchev–Trinajstić information content (AvgIpc) is 2.60. The number of aromatic nitrogens is 1. The van der Waals surface area contributed by atoms with Crippen LogP contribution in [0, 0.1) is 13.8 Å². The minimum Gasteiger partial charge on any atom is -0.466 e. The van der Waals surface area contributed by atoms with E-state index in [-0.39, 0.29) is 5.43 Å². The Balaban J connectivity index is 1.71. The van der Waals surface area contributed by atoms with Gasteiger partial charge in [-0.05, 0) is 50.5 Å². The third kappa shape index (κ3) is 4.45. The number of nitrogens with zero attached hydrogens (tertiary/aromatic N) is 1. The van der Waals surface area contributed by atoms with Gasteiger partial charge >= 0.3 is 6.18 Å². The van der Waals surface area contributed by atoms with Gasteiger partial charge in [0.15, 0.2) is 5.43 Å². The Labute approximate surface area is 154 Å². The first kappa shape index (κ1) is 18.9. The third-order valence-corrected chi connectivity index (χ3v) is 4.31. The van der Waals surface area contributed by atoms with Crippen molar-refractivity contribution in [3.8, 4) is 11.1 Å². The van der Waals surface area contributed by atoms with Crippen LogP contribution in [0.3, 0.4) is 0 Å². The van der Waals surface area contributed by atoms with E-state index in [4.69, 9.17) is 4.42 Å². The normalized spacial score (nSPS) is 11.6. The number of hydrogen-bond acceptors (Lipinski definition) is 3. The van der Waals surface area contributed by atoms with E-state index in [2.05, 4.69) is 4.98 Å². The SMILES string of the molecule is Cc1cc(=O)c(-c2ccc(CCc3ccc(C(F)(F)F)cc3)nc2)c(C)o1. The van der Waals surface area contributed by atoms with Gasteiger partial charge in [0.1, 0.15) is 11.5 Å². The van der Waals surface area contributed by atoms with Crippen molar-refractivity contribution in [3.05, 3.63) is 87.2 Å². The second-order valence-corrected chi connectivity index (χ2v) is 6.39. The summed E-state index contributed by atoms with van der Waals surface area (Å²) in [4.78, 5) is 16.6. The van der Waals surface area contributed by atoms with Crippen LogP contribution < -0.4 is 5.43 Å². The molecule has 0 saturated heterocycles. The summed E-state index contributed by atoms with van der Waals surface area (Å²) < 4.78 is 43.3. The lowest BCUT2D eigenvalue weighted by atomic mass is 10.0. The summed E-state index contributed by atoms with van der Waals surface area (Å²) >= 11 is 0. The lowest BCUT2D eigenvalue weighted by molar-refractivity contribution is -0.137. The van der Waals surface area contributed by atoms with Crippen molar-refractivity contribution in [2.45, 2.75) is 32.9 Å². The molecule has 0 unspecified atom stereocenters. The minimum absolute atomic E-state index is 0.115. The summed E-state index contributed by atoms with van der Waals surface area (Å²) in [5.74, 6) is 1.10.